The van der Waals surface area contributed by atoms with Gasteiger partial charge in [-0.05, 0) is 73.6 Å². The van der Waals surface area contributed by atoms with E-state index in [1.54, 1.807) is 48.5 Å². The Morgan fingerprint density at radius 1 is 1.13 bits per heavy atom. The summed E-state index contributed by atoms with van der Waals surface area (Å²) in [4.78, 5) is 16.8. The number of aliphatic hydroxyl groups excluding tert-OH is 1. The number of nitrogens with one attached hydrogen (secondary N) is 3. The topological polar surface area (TPSA) is 177 Å². The van der Waals surface area contributed by atoms with Gasteiger partial charge in [0.05, 0.1) is 11.0 Å². The van der Waals surface area contributed by atoms with Crippen molar-refractivity contribution < 1.29 is 23.1 Å². The first-order valence-corrected chi connectivity index (χ1v) is 16.2. The van der Waals surface area contributed by atoms with Gasteiger partial charge in [0, 0.05) is 35.9 Å². The first-order chi connectivity index (χ1) is 21.4. The minimum Gasteiger partial charge on any atom is -0.618 e. The number of benzene rings is 2. The second-order valence-electron chi connectivity index (χ2n) is 10.9. The Bertz CT molecular complexity index is 1940. The van der Waals surface area contributed by atoms with Crippen LogP contribution in [0.25, 0.3) is 11.0 Å². The highest BCUT2D eigenvalue weighted by molar-refractivity contribution is 7.92. The molecule has 0 fully saturated rings. The zero-order valence-electron chi connectivity index (χ0n) is 24.5. The van der Waals surface area contributed by atoms with Crippen LogP contribution in [0, 0.1) is 5.21 Å². The number of carbonyl (C=O) groups excluding carboxylic acids is 1. The zero-order chi connectivity index (χ0) is 32.2. The standard InChI is InChI=1S/C30H32N8O5S2/c1-30(2,32-18-25(39)20-8-7-9-22(16-20)36-45(42,43)23-10-5-4-6-11-23)13-15-38-14-12-21-17-24(34-35-27(21)38)28(40)33-29-31-19-26(44-29)37(3)41/h4-12,14,16-17,19,25,32,36,39H,3,13,15,18H2,1-2H3,(H,31,33,40)/t25-/m0/s1. The number of aryl methyl sites for hydroxylation is 1. The molecule has 3 heterocycles. The molecule has 0 bridgehead atoms. The Hall–Kier alpha value is -4.70. The highest BCUT2D eigenvalue weighted by Gasteiger charge is 2.21. The number of amides is 1. The molecular weight excluding hydrogens is 617 g/mol. The molecule has 13 nitrogen and oxygen atoms in total. The van der Waals surface area contributed by atoms with Gasteiger partial charge in [0.1, 0.15) is 12.9 Å². The number of rotatable bonds is 13. The maximum absolute atomic E-state index is 12.7. The lowest BCUT2D eigenvalue weighted by atomic mass is 9.99. The van der Waals surface area contributed by atoms with Gasteiger partial charge in [0.2, 0.25) is 0 Å². The molecule has 1 amide bonds. The van der Waals surface area contributed by atoms with Gasteiger partial charge >= 0.3 is 0 Å². The minimum absolute atomic E-state index is 0.110. The number of anilines is 2. The highest BCUT2D eigenvalue weighted by Crippen LogP contribution is 2.26. The van der Waals surface area contributed by atoms with Crippen LogP contribution in [0.4, 0.5) is 15.8 Å². The summed E-state index contributed by atoms with van der Waals surface area (Å²) in [5, 5.41) is 37.8. The van der Waals surface area contributed by atoms with Crippen molar-refractivity contribution in [1.29, 1.82) is 0 Å². The van der Waals surface area contributed by atoms with E-state index < -0.39 is 22.0 Å². The Morgan fingerprint density at radius 3 is 2.64 bits per heavy atom. The van der Waals surface area contributed by atoms with Gasteiger partial charge in [-0.3, -0.25) is 14.8 Å². The lowest BCUT2D eigenvalue weighted by Gasteiger charge is -2.28. The summed E-state index contributed by atoms with van der Waals surface area (Å²) in [6, 6.07) is 18.3. The molecule has 1 atom stereocenters. The van der Waals surface area contributed by atoms with E-state index in [0.29, 0.717) is 34.6 Å². The van der Waals surface area contributed by atoms with E-state index in [2.05, 4.69) is 37.3 Å². The number of hydrogen-bond donors (Lipinski definition) is 4. The summed E-state index contributed by atoms with van der Waals surface area (Å²) >= 11 is 0.996. The first-order valence-electron chi connectivity index (χ1n) is 13.9. The summed E-state index contributed by atoms with van der Waals surface area (Å²) in [7, 11) is -3.75. The van der Waals surface area contributed by atoms with Crippen molar-refractivity contribution in [2.24, 2.45) is 0 Å². The van der Waals surface area contributed by atoms with Gasteiger partial charge in [0.25, 0.3) is 20.9 Å². The highest BCUT2D eigenvalue weighted by atomic mass is 32.2. The van der Waals surface area contributed by atoms with Crippen LogP contribution in [0.2, 0.25) is 0 Å². The largest absolute Gasteiger partial charge is 0.618 e. The summed E-state index contributed by atoms with van der Waals surface area (Å²) in [6.45, 7) is 8.14. The molecule has 5 rings (SSSR count). The average Bonchev–Trinajstić information content (AvgIpc) is 3.66. The fourth-order valence-electron chi connectivity index (χ4n) is 4.48. The summed E-state index contributed by atoms with van der Waals surface area (Å²) in [5.74, 6) is -0.498. The normalized spacial score (nSPS) is 12.6. The van der Waals surface area contributed by atoms with Crippen molar-refractivity contribution in [1.82, 2.24) is 25.1 Å². The molecule has 5 aromatic rings. The predicted molar refractivity (Wildman–Crippen MR) is 173 cm³/mol. The number of thiazole rings is 1. The lowest BCUT2D eigenvalue weighted by molar-refractivity contribution is -0.345. The third-order valence-corrected chi connectivity index (χ3v) is 9.35. The predicted octanol–water partition coefficient (Wildman–Crippen LogP) is 4.28. The van der Waals surface area contributed by atoms with Crippen molar-refractivity contribution in [2.45, 2.75) is 43.4 Å². The Balaban J connectivity index is 1.16. The van der Waals surface area contributed by atoms with Crippen LogP contribution in [0.5, 0.6) is 0 Å². The number of aliphatic hydroxyl groups is 1. The van der Waals surface area contributed by atoms with Crippen LogP contribution in [0.3, 0.4) is 0 Å². The van der Waals surface area contributed by atoms with E-state index in [-0.39, 0.29) is 32.8 Å². The van der Waals surface area contributed by atoms with Gasteiger partial charge in [-0.15, -0.1) is 10.2 Å². The zero-order valence-corrected chi connectivity index (χ0v) is 26.2. The van der Waals surface area contributed by atoms with Crippen LogP contribution in [-0.2, 0) is 16.6 Å². The number of hydrogen-bond acceptors (Lipinski definition) is 10. The number of carbonyl (C=O) groups is 1. The minimum atomic E-state index is -3.75. The van der Waals surface area contributed by atoms with Gasteiger partial charge in [-0.25, -0.2) is 13.4 Å². The number of fused-ring (bicyclic) bond motifs is 1. The third-order valence-electron chi connectivity index (χ3n) is 7.03. The second-order valence-corrected chi connectivity index (χ2v) is 13.6. The van der Waals surface area contributed by atoms with Crippen LogP contribution < -0.4 is 15.4 Å². The van der Waals surface area contributed by atoms with Gasteiger partial charge in [-0.1, -0.05) is 30.3 Å². The maximum Gasteiger partial charge on any atom is 0.294 e. The van der Waals surface area contributed by atoms with Crippen molar-refractivity contribution in [3.63, 3.8) is 0 Å². The maximum atomic E-state index is 12.7. The molecule has 0 saturated carbocycles. The van der Waals surface area contributed by atoms with E-state index >= 15 is 0 Å². The SMILES string of the molecule is C=[N+]([O-])c1cnc(NC(=O)c2cc3ccn(CCC(C)(C)NC[C@H](O)c4cccc(NS(=O)(=O)c5ccccc5)c4)c3nn2)s1. The van der Waals surface area contributed by atoms with Crippen molar-refractivity contribution in [3.05, 3.63) is 95.6 Å². The van der Waals surface area contributed by atoms with Crippen LogP contribution in [-0.4, -0.2) is 62.7 Å². The van der Waals surface area contributed by atoms with Gasteiger partial charge < -0.3 is 20.2 Å². The molecule has 15 heteroatoms. The quantitative estimate of drug-likeness (QED) is 0.0628. The molecule has 4 N–H and O–H groups in total. The average molecular weight is 649 g/mol. The van der Waals surface area contributed by atoms with Crippen molar-refractivity contribution in [2.75, 3.05) is 16.6 Å². The summed E-state index contributed by atoms with van der Waals surface area (Å²) in [5.41, 5.74) is 1.28. The van der Waals surface area contributed by atoms with E-state index in [1.165, 1.54) is 18.3 Å². The van der Waals surface area contributed by atoms with E-state index in [4.69, 9.17) is 0 Å². The number of sulfonamides is 1. The molecule has 0 aliphatic carbocycles. The molecule has 0 aliphatic heterocycles. The lowest BCUT2D eigenvalue weighted by Crippen LogP contribution is -2.42. The summed E-state index contributed by atoms with van der Waals surface area (Å²) < 4.78 is 30.3. The number of aromatic nitrogens is 4. The van der Waals surface area contributed by atoms with Gasteiger partial charge in [-0.2, -0.15) is 4.74 Å². The summed E-state index contributed by atoms with van der Waals surface area (Å²) in [6.07, 6.45) is 3.00. The smallest absolute Gasteiger partial charge is 0.294 e. The van der Waals surface area contributed by atoms with Gasteiger partial charge in [0.15, 0.2) is 16.5 Å². The molecule has 3 aromatic heterocycles. The van der Waals surface area contributed by atoms with Crippen LogP contribution in [0.1, 0.15) is 42.4 Å². The molecule has 0 saturated heterocycles. The molecule has 45 heavy (non-hydrogen) atoms. The molecule has 0 aliphatic rings. The van der Waals surface area contributed by atoms with Crippen LogP contribution >= 0.6 is 11.3 Å². The second kappa shape index (κ2) is 13.1. The van der Waals surface area contributed by atoms with E-state index in [0.717, 1.165) is 16.7 Å². The monoisotopic (exact) mass is 648 g/mol. The van der Waals surface area contributed by atoms with Crippen molar-refractivity contribution >= 4 is 60.8 Å². The molecule has 2 aromatic carbocycles. The van der Waals surface area contributed by atoms with Crippen molar-refractivity contribution in [3.8, 4) is 0 Å². The number of β-amino-alcohol motifs (C(OH)–C–C–N with tert-alkyl or cyclic N) is 1. The fraction of sp³-hybridized carbons (Fsp3) is 0.233. The molecular formula is C30H32N8O5S2. The third kappa shape index (κ3) is 7.88. The fourth-order valence-corrected chi connectivity index (χ4v) is 6.21. The first kappa shape index (κ1) is 31.7. The molecule has 234 valence electrons. The Labute approximate surface area is 263 Å². The number of nitrogens with zero attached hydrogens (tertiary/aromatic N) is 5. The van der Waals surface area contributed by atoms with E-state index in [1.807, 2.05) is 30.7 Å². The molecule has 0 radical (unpaired) electrons. The van der Waals surface area contributed by atoms with Crippen LogP contribution in [0.15, 0.2) is 84.0 Å². The molecule has 0 spiro atoms. The molecule has 0 unspecified atom stereocenters. The van der Waals surface area contributed by atoms with E-state index in [9.17, 15) is 23.5 Å². The Morgan fingerprint density at radius 2 is 1.91 bits per heavy atom. The Kier molecular flexibility index (Phi) is 9.24.